The highest BCUT2D eigenvalue weighted by molar-refractivity contribution is 6.02. The molecule has 0 atom stereocenters. The second kappa shape index (κ2) is 7.59. The Labute approximate surface area is 167 Å². The van der Waals surface area contributed by atoms with E-state index < -0.39 is 0 Å². The molecule has 29 heavy (non-hydrogen) atoms. The van der Waals surface area contributed by atoms with Crippen LogP contribution in [-0.4, -0.2) is 25.7 Å². The molecule has 0 aliphatic carbocycles. The van der Waals surface area contributed by atoms with E-state index in [-0.39, 0.29) is 11.7 Å². The maximum Gasteiger partial charge on any atom is 0.291 e. The van der Waals surface area contributed by atoms with Gasteiger partial charge in [-0.1, -0.05) is 0 Å². The smallest absolute Gasteiger partial charge is 0.291 e. The van der Waals surface area contributed by atoms with Gasteiger partial charge in [0.1, 0.15) is 11.6 Å². The minimum absolute atomic E-state index is 0.249. The third-order valence-corrected chi connectivity index (χ3v) is 4.11. The molecular formula is C21H19N5O3. The van der Waals surface area contributed by atoms with E-state index in [9.17, 15) is 4.79 Å². The molecule has 0 unspecified atom stereocenters. The van der Waals surface area contributed by atoms with Gasteiger partial charge in [-0.15, -0.1) is 0 Å². The van der Waals surface area contributed by atoms with E-state index in [1.54, 1.807) is 54.1 Å². The maximum absolute atomic E-state index is 12.0. The summed E-state index contributed by atoms with van der Waals surface area (Å²) in [4.78, 5) is 20.8. The summed E-state index contributed by atoms with van der Waals surface area (Å²) in [6, 6.07) is 14.0. The van der Waals surface area contributed by atoms with Crippen LogP contribution in [0.3, 0.4) is 0 Å². The van der Waals surface area contributed by atoms with Gasteiger partial charge in [-0.25, -0.2) is 9.67 Å². The minimum atomic E-state index is -0.315. The van der Waals surface area contributed by atoms with Crippen LogP contribution >= 0.6 is 0 Å². The number of hydrogen-bond acceptors (Lipinski definition) is 6. The Bertz CT molecular complexity index is 1150. The lowest BCUT2D eigenvalue weighted by molar-refractivity contribution is 0.0996. The topological polar surface area (TPSA) is 95.1 Å². The predicted octanol–water partition coefficient (Wildman–Crippen LogP) is 4.23. The Balaban J connectivity index is 1.50. The molecule has 146 valence electrons. The Hall–Kier alpha value is -3.94. The van der Waals surface area contributed by atoms with Crippen molar-refractivity contribution in [3.05, 3.63) is 77.8 Å². The number of carbonyl (C=O) groups excluding carboxylic acids is 1. The van der Waals surface area contributed by atoms with Gasteiger partial charge in [0.25, 0.3) is 5.91 Å². The molecule has 1 aromatic carbocycles. The molecule has 0 bridgehead atoms. The highest BCUT2D eigenvalue weighted by Crippen LogP contribution is 2.24. The molecule has 8 heteroatoms. The summed E-state index contributed by atoms with van der Waals surface area (Å²) in [6.07, 6.45) is 1.45. The van der Waals surface area contributed by atoms with E-state index in [0.717, 1.165) is 11.4 Å². The van der Waals surface area contributed by atoms with Gasteiger partial charge in [0.15, 0.2) is 11.6 Å². The fourth-order valence-electron chi connectivity index (χ4n) is 2.87. The Kier molecular flexibility index (Phi) is 4.82. The SMILES string of the molecule is Cc1cc(C)n(-c2cc(Oc3ccc(NC(=O)c4ccco4)cc3)nc(C)n2)n1. The van der Waals surface area contributed by atoms with Crippen LogP contribution in [0, 0.1) is 20.8 Å². The van der Waals surface area contributed by atoms with E-state index in [4.69, 9.17) is 9.15 Å². The molecule has 3 heterocycles. The molecule has 0 aliphatic rings. The van der Waals surface area contributed by atoms with Gasteiger partial charge in [-0.2, -0.15) is 10.1 Å². The largest absolute Gasteiger partial charge is 0.459 e. The summed E-state index contributed by atoms with van der Waals surface area (Å²) in [6.45, 7) is 5.70. The van der Waals surface area contributed by atoms with Gasteiger partial charge in [-0.05, 0) is 63.2 Å². The summed E-state index contributed by atoms with van der Waals surface area (Å²) < 4.78 is 12.7. The van der Waals surface area contributed by atoms with Crippen molar-refractivity contribution in [3.63, 3.8) is 0 Å². The van der Waals surface area contributed by atoms with Crippen LogP contribution in [0.5, 0.6) is 11.6 Å². The van der Waals surface area contributed by atoms with Crippen LogP contribution < -0.4 is 10.1 Å². The number of anilines is 1. The number of benzene rings is 1. The second-order valence-electron chi connectivity index (χ2n) is 6.51. The molecule has 1 amide bonds. The summed E-state index contributed by atoms with van der Waals surface area (Å²) in [5.41, 5.74) is 2.51. The van der Waals surface area contributed by atoms with Crippen LogP contribution in [0.15, 0.2) is 59.2 Å². The fraction of sp³-hybridized carbons (Fsp3) is 0.143. The highest BCUT2D eigenvalue weighted by Gasteiger charge is 2.11. The van der Waals surface area contributed by atoms with Crippen LogP contribution in [-0.2, 0) is 0 Å². The number of amides is 1. The standard InChI is InChI=1S/C21H19N5O3/c1-13-11-14(2)26(25-13)19-12-20(23-15(3)22-19)29-17-8-6-16(7-9-17)24-21(27)18-5-4-10-28-18/h4-12H,1-3H3,(H,24,27). The normalized spacial score (nSPS) is 10.7. The number of aryl methyl sites for hydroxylation is 3. The monoisotopic (exact) mass is 389 g/mol. The fourth-order valence-corrected chi connectivity index (χ4v) is 2.87. The van der Waals surface area contributed by atoms with E-state index in [0.29, 0.717) is 29.0 Å². The lowest BCUT2D eigenvalue weighted by atomic mass is 10.3. The summed E-state index contributed by atoms with van der Waals surface area (Å²) >= 11 is 0. The van der Waals surface area contributed by atoms with Crippen LogP contribution in [0.1, 0.15) is 27.8 Å². The first kappa shape index (κ1) is 18.4. The van der Waals surface area contributed by atoms with Gasteiger partial charge in [0.2, 0.25) is 5.88 Å². The molecule has 0 saturated carbocycles. The minimum Gasteiger partial charge on any atom is -0.459 e. The molecule has 1 N–H and O–H groups in total. The highest BCUT2D eigenvalue weighted by atomic mass is 16.5. The lowest BCUT2D eigenvalue weighted by Gasteiger charge is -2.10. The van der Waals surface area contributed by atoms with Gasteiger partial charge in [-0.3, -0.25) is 4.79 Å². The van der Waals surface area contributed by atoms with Crippen LogP contribution in [0.25, 0.3) is 5.82 Å². The van der Waals surface area contributed by atoms with Crippen molar-refractivity contribution < 1.29 is 13.9 Å². The summed E-state index contributed by atoms with van der Waals surface area (Å²) in [5.74, 6) is 2.14. The van der Waals surface area contributed by atoms with Crippen LogP contribution in [0.2, 0.25) is 0 Å². The van der Waals surface area contributed by atoms with Crippen LogP contribution in [0.4, 0.5) is 5.69 Å². The van der Waals surface area contributed by atoms with Crippen molar-refractivity contribution in [2.75, 3.05) is 5.32 Å². The van der Waals surface area contributed by atoms with E-state index in [1.165, 1.54) is 6.26 Å². The maximum atomic E-state index is 12.0. The summed E-state index contributed by atoms with van der Waals surface area (Å²) in [7, 11) is 0. The Morgan fingerprint density at radius 1 is 1.07 bits per heavy atom. The van der Waals surface area contributed by atoms with E-state index in [1.807, 2.05) is 19.9 Å². The van der Waals surface area contributed by atoms with E-state index >= 15 is 0 Å². The Morgan fingerprint density at radius 3 is 2.52 bits per heavy atom. The molecule has 8 nitrogen and oxygen atoms in total. The number of rotatable bonds is 5. The number of carbonyl (C=O) groups is 1. The van der Waals surface area contributed by atoms with Gasteiger partial charge >= 0.3 is 0 Å². The Morgan fingerprint density at radius 2 is 1.86 bits per heavy atom. The first-order valence-electron chi connectivity index (χ1n) is 9.00. The van der Waals surface area contributed by atoms with Gasteiger partial charge in [0.05, 0.1) is 12.0 Å². The van der Waals surface area contributed by atoms with Crippen molar-refractivity contribution >= 4 is 11.6 Å². The average Bonchev–Trinajstić information content (AvgIpc) is 3.32. The first-order chi connectivity index (χ1) is 14.0. The zero-order valence-electron chi connectivity index (χ0n) is 16.2. The molecule has 0 saturated heterocycles. The number of hydrogen-bond donors (Lipinski definition) is 1. The predicted molar refractivity (Wildman–Crippen MR) is 107 cm³/mol. The van der Waals surface area contributed by atoms with Crippen molar-refractivity contribution in [2.45, 2.75) is 20.8 Å². The average molecular weight is 389 g/mol. The number of aromatic nitrogens is 4. The van der Waals surface area contributed by atoms with E-state index in [2.05, 4.69) is 20.4 Å². The van der Waals surface area contributed by atoms with Crippen molar-refractivity contribution in [2.24, 2.45) is 0 Å². The number of ether oxygens (including phenoxy) is 1. The number of furan rings is 1. The van der Waals surface area contributed by atoms with Crippen molar-refractivity contribution in [1.82, 2.24) is 19.7 Å². The zero-order valence-corrected chi connectivity index (χ0v) is 16.2. The molecule has 0 radical (unpaired) electrons. The first-order valence-corrected chi connectivity index (χ1v) is 9.00. The summed E-state index contributed by atoms with van der Waals surface area (Å²) in [5, 5.41) is 7.21. The molecule has 0 fully saturated rings. The third-order valence-electron chi connectivity index (χ3n) is 4.11. The van der Waals surface area contributed by atoms with Crippen molar-refractivity contribution in [3.8, 4) is 17.4 Å². The van der Waals surface area contributed by atoms with Gasteiger partial charge < -0.3 is 14.5 Å². The second-order valence-corrected chi connectivity index (χ2v) is 6.51. The third kappa shape index (κ3) is 4.16. The lowest BCUT2D eigenvalue weighted by Crippen LogP contribution is -2.10. The molecule has 4 rings (SSSR count). The molecule has 3 aromatic heterocycles. The quantitative estimate of drug-likeness (QED) is 0.549. The number of nitrogens with one attached hydrogen (secondary N) is 1. The zero-order chi connectivity index (χ0) is 20.4. The molecule has 0 spiro atoms. The van der Waals surface area contributed by atoms with Gasteiger partial charge in [0, 0.05) is 17.4 Å². The number of nitrogens with zero attached hydrogens (tertiary/aromatic N) is 4. The van der Waals surface area contributed by atoms with Crippen molar-refractivity contribution in [1.29, 1.82) is 0 Å². The molecule has 4 aromatic rings. The molecule has 0 aliphatic heterocycles. The molecular weight excluding hydrogens is 370 g/mol.